The largest absolute Gasteiger partial charge is 0.508 e. The maximum Gasteiger partial charge on any atom is 0.119 e. The van der Waals surface area contributed by atoms with E-state index in [-0.39, 0.29) is 0 Å². The first kappa shape index (κ1) is 10.6. The number of aryl methyl sites for hydroxylation is 1. The monoisotopic (exact) mass is 213 g/mol. The number of phenols is 1. The number of hydrogen-bond acceptors (Lipinski definition) is 2. The zero-order valence-electron chi connectivity index (χ0n) is 9.27. The Balaban J connectivity index is 2.31. The van der Waals surface area contributed by atoms with Crippen LogP contribution in [0.5, 0.6) is 5.75 Å². The molecule has 0 aromatic heterocycles. The molecule has 0 aliphatic heterocycles. The van der Waals surface area contributed by atoms with Crippen molar-refractivity contribution in [1.29, 1.82) is 0 Å². The van der Waals surface area contributed by atoms with Crippen molar-refractivity contribution in [2.75, 3.05) is 5.73 Å². The Kier molecular flexibility index (Phi) is 2.82. The molecule has 0 bridgehead atoms. The molecule has 0 amide bonds. The minimum Gasteiger partial charge on any atom is -0.508 e. The highest BCUT2D eigenvalue weighted by Crippen LogP contribution is 2.23. The highest BCUT2D eigenvalue weighted by atomic mass is 16.3. The van der Waals surface area contributed by atoms with Gasteiger partial charge in [-0.2, -0.15) is 0 Å². The molecule has 0 aliphatic carbocycles. The summed E-state index contributed by atoms with van der Waals surface area (Å²) < 4.78 is 0. The lowest BCUT2D eigenvalue weighted by Crippen LogP contribution is -1.96. The van der Waals surface area contributed by atoms with Crippen molar-refractivity contribution in [1.82, 2.24) is 0 Å². The Morgan fingerprint density at radius 2 is 1.81 bits per heavy atom. The van der Waals surface area contributed by atoms with Gasteiger partial charge in [0.25, 0.3) is 0 Å². The van der Waals surface area contributed by atoms with Crippen LogP contribution in [0.2, 0.25) is 0 Å². The molecule has 3 N–H and O–H groups in total. The van der Waals surface area contributed by atoms with Gasteiger partial charge in [-0.25, -0.2) is 0 Å². The molecule has 2 heteroatoms. The van der Waals surface area contributed by atoms with Crippen LogP contribution in [-0.2, 0) is 6.42 Å². The van der Waals surface area contributed by atoms with Crippen LogP contribution in [0.3, 0.4) is 0 Å². The third-order valence-corrected chi connectivity index (χ3v) is 2.67. The zero-order valence-corrected chi connectivity index (χ0v) is 9.27. The van der Waals surface area contributed by atoms with E-state index in [1.165, 1.54) is 0 Å². The summed E-state index contributed by atoms with van der Waals surface area (Å²) in [6.45, 7) is 2.01. The lowest BCUT2D eigenvalue weighted by atomic mass is 10.0. The van der Waals surface area contributed by atoms with Gasteiger partial charge < -0.3 is 10.8 Å². The molecule has 0 unspecified atom stereocenters. The first-order valence-electron chi connectivity index (χ1n) is 5.28. The molecule has 0 heterocycles. The Hall–Kier alpha value is -1.96. The Morgan fingerprint density at radius 1 is 1.06 bits per heavy atom. The second-order valence-corrected chi connectivity index (χ2v) is 4.01. The van der Waals surface area contributed by atoms with Crippen LogP contribution in [0.25, 0.3) is 0 Å². The van der Waals surface area contributed by atoms with E-state index in [0.717, 1.165) is 22.4 Å². The molecule has 2 rings (SSSR count). The van der Waals surface area contributed by atoms with Crippen molar-refractivity contribution in [3.05, 3.63) is 59.2 Å². The van der Waals surface area contributed by atoms with Gasteiger partial charge in [0.15, 0.2) is 0 Å². The topological polar surface area (TPSA) is 46.2 Å². The summed E-state index contributed by atoms with van der Waals surface area (Å²) in [6, 6.07) is 13.3. The summed E-state index contributed by atoms with van der Waals surface area (Å²) >= 11 is 0. The number of anilines is 1. The van der Waals surface area contributed by atoms with Gasteiger partial charge in [0.2, 0.25) is 0 Å². The molecule has 0 saturated heterocycles. The molecule has 0 spiro atoms. The minimum atomic E-state index is 0.322. The van der Waals surface area contributed by atoms with Crippen molar-refractivity contribution in [2.24, 2.45) is 0 Å². The molecule has 0 atom stereocenters. The van der Waals surface area contributed by atoms with Gasteiger partial charge in [0.05, 0.1) is 0 Å². The fourth-order valence-corrected chi connectivity index (χ4v) is 1.74. The summed E-state index contributed by atoms with van der Waals surface area (Å²) in [4.78, 5) is 0. The van der Waals surface area contributed by atoms with Crippen molar-refractivity contribution in [2.45, 2.75) is 13.3 Å². The van der Waals surface area contributed by atoms with E-state index in [1.807, 2.05) is 43.3 Å². The van der Waals surface area contributed by atoms with Gasteiger partial charge >= 0.3 is 0 Å². The normalized spacial score (nSPS) is 10.3. The Labute approximate surface area is 95.4 Å². The fourth-order valence-electron chi connectivity index (χ4n) is 1.74. The molecule has 0 saturated carbocycles. The van der Waals surface area contributed by atoms with Gasteiger partial charge in [-0.1, -0.05) is 30.3 Å². The average Bonchev–Trinajstić information content (AvgIpc) is 2.25. The van der Waals surface area contributed by atoms with E-state index in [0.29, 0.717) is 12.2 Å². The standard InChI is InChI=1S/C14H15NO/c1-10-6-7-11(13(15)8-10)9-12-4-2-3-5-14(12)16/h2-8,16H,9,15H2,1H3. The highest BCUT2D eigenvalue weighted by molar-refractivity contribution is 5.52. The molecule has 2 aromatic rings. The molecule has 0 radical (unpaired) electrons. The van der Waals surface area contributed by atoms with Gasteiger partial charge in [-0.15, -0.1) is 0 Å². The number of aromatic hydroxyl groups is 1. The molecule has 82 valence electrons. The summed E-state index contributed by atoms with van der Waals surface area (Å²) in [6.07, 6.45) is 0.665. The van der Waals surface area contributed by atoms with Gasteiger partial charge in [0, 0.05) is 12.1 Å². The third-order valence-electron chi connectivity index (χ3n) is 2.67. The van der Waals surface area contributed by atoms with E-state index < -0.39 is 0 Å². The summed E-state index contributed by atoms with van der Waals surface area (Å²) in [5.41, 5.74) is 9.82. The molecular formula is C14H15NO. The lowest BCUT2D eigenvalue weighted by Gasteiger charge is -2.08. The number of nitrogens with two attached hydrogens (primary N) is 1. The van der Waals surface area contributed by atoms with Gasteiger partial charge in [-0.05, 0) is 35.7 Å². The predicted octanol–water partition coefficient (Wildman–Crippen LogP) is 2.87. The number of hydrogen-bond donors (Lipinski definition) is 2. The van der Waals surface area contributed by atoms with Crippen molar-refractivity contribution in [3.8, 4) is 5.75 Å². The summed E-state index contributed by atoms with van der Waals surface area (Å²) in [5, 5.41) is 9.68. The summed E-state index contributed by atoms with van der Waals surface area (Å²) in [7, 11) is 0. The molecule has 16 heavy (non-hydrogen) atoms. The van der Waals surface area contributed by atoms with Crippen molar-refractivity contribution < 1.29 is 5.11 Å². The molecule has 2 aromatic carbocycles. The molecule has 2 nitrogen and oxygen atoms in total. The maximum atomic E-state index is 9.68. The minimum absolute atomic E-state index is 0.322. The fraction of sp³-hybridized carbons (Fsp3) is 0.143. The van der Waals surface area contributed by atoms with Crippen LogP contribution in [-0.4, -0.2) is 5.11 Å². The first-order chi connectivity index (χ1) is 7.66. The number of nitrogen functional groups attached to an aromatic ring is 1. The first-order valence-corrected chi connectivity index (χ1v) is 5.28. The van der Waals surface area contributed by atoms with Crippen LogP contribution in [0, 0.1) is 6.92 Å². The number of rotatable bonds is 2. The quantitative estimate of drug-likeness (QED) is 0.753. The number of benzene rings is 2. The Morgan fingerprint density at radius 3 is 2.50 bits per heavy atom. The van der Waals surface area contributed by atoms with Crippen LogP contribution in [0.15, 0.2) is 42.5 Å². The van der Waals surface area contributed by atoms with E-state index >= 15 is 0 Å². The van der Waals surface area contributed by atoms with Crippen LogP contribution < -0.4 is 5.73 Å². The van der Waals surface area contributed by atoms with E-state index in [4.69, 9.17) is 5.73 Å². The maximum absolute atomic E-state index is 9.68. The van der Waals surface area contributed by atoms with Crippen LogP contribution >= 0.6 is 0 Å². The molecule has 0 aliphatic rings. The number of phenolic OH excluding ortho intramolecular Hbond substituents is 1. The predicted molar refractivity (Wildman–Crippen MR) is 66.5 cm³/mol. The molecular weight excluding hydrogens is 198 g/mol. The van der Waals surface area contributed by atoms with Crippen molar-refractivity contribution in [3.63, 3.8) is 0 Å². The zero-order chi connectivity index (χ0) is 11.5. The Bertz CT molecular complexity index is 506. The third kappa shape index (κ3) is 2.16. The number of para-hydroxylation sites is 1. The van der Waals surface area contributed by atoms with Gasteiger partial charge in [0.1, 0.15) is 5.75 Å². The highest BCUT2D eigenvalue weighted by Gasteiger charge is 2.04. The lowest BCUT2D eigenvalue weighted by molar-refractivity contribution is 0.469. The van der Waals surface area contributed by atoms with E-state index in [2.05, 4.69) is 0 Å². The van der Waals surface area contributed by atoms with Gasteiger partial charge in [-0.3, -0.25) is 0 Å². The second kappa shape index (κ2) is 4.27. The summed E-state index contributed by atoms with van der Waals surface area (Å²) in [5.74, 6) is 0.322. The van der Waals surface area contributed by atoms with Crippen LogP contribution in [0.4, 0.5) is 5.69 Å². The smallest absolute Gasteiger partial charge is 0.119 e. The molecule has 0 fully saturated rings. The average molecular weight is 213 g/mol. The van der Waals surface area contributed by atoms with E-state index in [1.54, 1.807) is 6.07 Å². The van der Waals surface area contributed by atoms with Crippen molar-refractivity contribution >= 4 is 5.69 Å². The second-order valence-electron chi connectivity index (χ2n) is 4.01. The SMILES string of the molecule is Cc1ccc(Cc2ccccc2O)c(N)c1. The van der Waals surface area contributed by atoms with Crippen LogP contribution in [0.1, 0.15) is 16.7 Å². The van der Waals surface area contributed by atoms with E-state index in [9.17, 15) is 5.11 Å².